The van der Waals surface area contributed by atoms with Crippen LogP contribution in [0.1, 0.15) is 45.0 Å². The highest BCUT2D eigenvalue weighted by molar-refractivity contribution is 7.89. The summed E-state index contributed by atoms with van der Waals surface area (Å²) in [5, 5.41) is 3.04. The SMILES string of the molecule is CCOC(=O)N1CCN(S(=O)(=O)c2ccc(C(=O)Nc3sc4c(c3C(=O)OC)CCN(C(=O)OCC)C4)cc2)CC1. The molecule has 2 aliphatic heterocycles. The van der Waals surface area contributed by atoms with E-state index in [9.17, 15) is 27.6 Å². The maximum Gasteiger partial charge on any atom is 0.410 e. The number of benzene rings is 1. The Labute approximate surface area is 242 Å². The van der Waals surface area contributed by atoms with Crippen LogP contribution in [0, 0.1) is 0 Å². The molecule has 2 aromatic rings. The number of esters is 1. The second-order valence-electron chi connectivity index (χ2n) is 9.14. The molecule has 222 valence electrons. The molecule has 1 N–H and O–H groups in total. The van der Waals surface area contributed by atoms with Gasteiger partial charge in [-0.25, -0.2) is 22.8 Å². The van der Waals surface area contributed by atoms with Gasteiger partial charge in [-0.3, -0.25) is 4.79 Å². The molecule has 41 heavy (non-hydrogen) atoms. The van der Waals surface area contributed by atoms with E-state index in [0.29, 0.717) is 18.5 Å². The molecule has 4 rings (SSSR count). The first-order valence-electron chi connectivity index (χ1n) is 13.1. The highest BCUT2D eigenvalue weighted by atomic mass is 32.2. The fraction of sp³-hybridized carbons (Fsp3) is 0.462. The van der Waals surface area contributed by atoms with E-state index in [4.69, 9.17) is 14.2 Å². The molecule has 0 aliphatic carbocycles. The maximum atomic E-state index is 13.1. The number of amides is 3. The third kappa shape index (κ3) is 6.47. The number of hydrogen-bond acceptors (Lipinski definition) is 10. The van der Waals surface area contributed by atoms with E-state index in [-0.39, 0.29) is 67.0 Å². The number of fused-ring (bicyclic) bond motifs is 1. The van der Waals surface area contributed by atoms with Gasteiger partial charge in [-0.15, -0.1) is 11.3 Å². The Bertz CT molecular complexity index is 1420. The molecule has 1 aromatic heterocycles. The minimum absolute atomic E-state index is 0.0135. The average Bonchev–Trinajstić information content (AvgIpc) is 3.34. The van der Waals surface area contributed by atoms with Crippen molar-refractivity contribution in [3.8, 4) is 0 Å². The van der Waals surface area contributed by atoms with Crippen molar-refractivity contribution in [3.05, 3.63) is 45.8 Å². The van der Waals surface area contributed by atoms with E-state index in [1.54, 1.807) is 13.8 Å². The summed E-state index contributed by atoms with van der Waals surface area (Å²) in [6.07, 6.45) is -0.531. The molecule has 15 heteroatoms. The lowest BCUT2D eigenvalue weighted by atomic mass is 10.0. The minimum Gasteiger partial charge on any atom is -0.465 e. The molecule has 0 spiro atoms. The van der Waals surface area contributed by atoms with Gasteiger partial charge in [0.2, 0.25) is 10.0 Å². The van der Waals surface area contributed by atoms with E-state index >= 15 is 0 Å². The van der Waals surface area contributed by atoms with Crippen molar-refractivity contribution in [1.82, 2.24) is 14.1 Å². The highest BCUT2D eigenvalue weighted by Gasteiger charge is 2.33. The fourth-order valence-corrected chi connectivity index (χ4v) is 7.28. The Morgan fingerprint density at radius 3 is 2.10 bits per heavy atom. The van der Waals surface area contributed by atoms with Crippen LogP contribution in [0.5, 0.6) is 0 Å². The molecule has 1 aromatic carbocycles. The van der Waals surface area contributed by atoms with Gasteiger partial charge in [0.25, 0.3) is 5.91 Å². The summed E-state index contributed by atoms with van der Waals surface area (Å²) < 4.78 is 42.6. The second kappa shape index (κ2) is 12.9. The van der Waals surface area contributed by atoms with E-state index in [1.807, 2.05) is 0 Å². The van der Waals surface area contributed by atoms with E-state index < -0.39 is 34.1 Å². The number of thiophene rings is 1. The largest absolute Gasteiger partial charge is 0.465 e. The summed E-state index contributed by atoms with van der Waals surface area (Å²) in [5.74, 6) is -1.14. The highest BCUT2D eigenvalue weighted by Crippen LogP contribution is 2.38. The standard InChI is InChI=1S/C26H32N4O9S2/c1-4-38-25(33)28-12-14-30(15-13-28)41(35,36)18-8-6-17(7-9-18)22(31)27-23-21(24(32)37-3)19-10-11-29(16-20(19)40-23)26(34)39-5-2/h6-9H,4-5,10-16H2,1-3H3,(H,27,31). The summed E-state index contributed by atoms with van der Waals surface area (Å²) >= 11 is 1.18. The van der Waals surface area contributed by atoms with Crippen LogP contribution in [0.25, 0.3) is 0 Å². The lowest BCUT2D eigenvalue weighted by Crippen LogP contribution is -2.50. The number of nitrogens with zero attached hydrogens (tertiary/aromatic N) is 3. The Kier molecular flexibility index (Phi) is 9.50. The zero-order valence-corrected chi connectivity index (χ0v) is 24.6. The quantitative estimate of drug-likeness (QED) is 0.369. The van der Waals surface area contributed by atoms with Crippen molar-refractivity contribution >= 4 is 50.4 Å². The van der Waals surface area contributed by atoms with Crippen LogP contribution in [-0.2, 0) is 37.2 Å². The number of piperazine rings is 1. The molecule has 13 nitrogen and oxygen atoms in total. The predicted molar refractivity (Wildman–Crippen MR) is 149 cm³/mol. The van der Waals surface area contributed by atoms with Gasteiger partial charge in [-0.05, 0) is 50.1 Å². The molecule has 1 saturated heterocycles. The van der Waals surface area contributed by atoms with Crippen molar-refractivity contribution in [3.63, 3.8) is 0 Å². The number of anilines is 1. The van der Waals surface area contributed by atoms with Gasteiger partial charge in [0.15, 0.2) is 0 Å². The third-order valence-electron chi connectivity index (χ3n) is 6.72. The Morgan fingerprint density at radius 1 is 0.902 bits per heavy atom. The molecule has 3 amide bonds. The summed E-state index contributed by atoms with van der Waals surface area (Å²) in [6.45, 7) is 5.16. The van der Waals surface area contributed by atoms with Gasteiger partial charge >= 0.3 is 18.2 Å². The number of carbonyl (C=O) groups is 4. The van der Waals surface area contributed by atoms with Crippen molar-refractivity contribution in [2.45, 2.75) is 31.7 Å². The van der Waals surface area contributed by atoms with Gasteiger partial charge in [0.1, 0.15) is 5.00 Å². The Balaban J connectivity index is 1.47. The lowest BCUT2D eigenvalue weighted by Gasteiger charge is -2.33. The maximum absolute atomic E-state index is 13.1. The Morgan fingerprint density at radius 2 is 1.51 bits per heavy atom. The number of rotatable bonds is 7. The monoisotopic (exact) mass is 608 g/mol. The van der Waals surface area contributed by atoms with Gasteiger partial charge in [0, 0.05) is 43.2 Å². The van der Waals surface area contributed by atoms with Gasteiger partial charge in [-0.2, -0.15) is 4.31 Å². The lowest BCUT2D eigenvalue weighted by molar-refractivity contribution is 0.0600. The van der Waals surface area contributed by atoms with Crippen molar-refractivity contribution in [2.24, 2.45) is 0 Å². The van der Waals surface area contributed by atoms with Crippen molar-refractivity contribution in [2.75, 3.05) is 58.4 Å². The first kappa shape index (κ1) is 30.3. The number of carbonyl (C=O) groups excluding carboxylic acids is 4. The summed E-state index contributed by atoms with van der Waals surface area (Å²) in [4.78, 5) is 53.6. The normalized spacial score (nSPS) is 15.6. The molecule has 0 atom stereocenters. The molecule has 2 aliphatic rings. The topological polar surface area (TPSA) is 152 Å². The molecule has 0 unspecified atom stereocenters. The van der Waals surface area contributed by atoms with Crippen LogP contribution in [-0.4, -0.2) is 99.6 Å². The zero-order valence-electron chi connectivity index (χ0n) is 23.0. The first-order chi connectivity index (χ1) is 19.6. The van der Waals surface area contributed by atoms with E-state index in [0.717, 1.165) is 4.88 Å². The van der Waals surface area contributed by atoms with Gasteiger partial charge < -0.3 is 29.3 Å². The first-order valence-corrected chi connectivity index (χ1v) is 15.3. The molecular formula is C26H32N4O9S2. The number of methoxy groups -OCH3 is 1. The summed E-state index contributed by atoms with van der Waals surface area (Å²) in [6, 6.07) is 5.48. The summed E-state index contributed by atoms with van der Waals surface area (Å²) in [7, 11) is -2.59. The molecule has 3 heterocycles. The fourth-order valence-electron chi connectivity index (χ4n) is 4.61. The second-order valence-corrected chi connectivity index (χ2v) is 12.2. The zero-order chi connectivity index (χ0) is 29.7. The van der Waals surface area contributed by atoms with Gasteiger partial charge in [0.05, 0.1) is 37.3 Å². The third-order valence-corrected chi connectivity index (χ3v) is 9.76. The smallest absolute Gasteiger partial charge is 0.410 e. The van der Waals surface area contributed by atoms with Crippen LogP contribution in [0.15, 0.2) is 29.2 Å². The molecule has 1 fully saturated rings. The van der Waals surface area contributed by atoms with Gasteiger partial charge in [-0.1, -0.05) is 0 Å². The molecule has 0 saturated carbocycles. The van der Waals surface area contributed by atoms with Crippen LogP contribution in [0.4, 0.5) is 14.6 Å². The minimum atomic E-state index is -3.84. The molecule has 0 radical (unpaired) electrons. The van der Waals surface area contributed by atoms with E-state index in [2.05, 4.69) is 5.32 Å². The number of hydrogen-bond donors (Lipinski definition) is 1. The van der Waals surface area contributed by atoms with Crippen molar-refractivity contribution < 1.29 is 41.8 Å². The molecular weight excluding hydrogens is 576 g/mol. The van der Waals surface area contributed by atoms with Crippen LogP contribution in [0.2, 0.25) is 0 Å². The molecule has 0 bridgehead atoms. The summed E-state index contributed by atoms with van der Waals surface area (Å²) in [5.41, 5.74) is 1.14. The number of nitrogens with one attached hydrogen (secondary N) is 1. The number of sulfonamides is 1. The predicted octanol–water partition coefficient (Wildman–Crippen LogP) is 2.76. The van der Waals surface area contributed by atoms with Crippen molar-refractivity contribution in [1.29, 1.82) is 0 Å². The van der Waals surface area contributed by atoms with Crippen LogP contribution in [0.3, 0.4) is 0 Å². The van der Waals surface area contributed by atoms with Crippen LogP contribution < -0.4 is 5.32 Å². The number of ether oxygens (including phenoxy) is 3. The average molecular weight is 609 g/mol. The van der Waals surface area contributed by atoms with Crippen LogP contribution >= 0.6 is 11.3 Å². The Hall–Kier alpha value is -3.69. The van der Waals surface area contributed by atoms with E-state index in [1.165, 1.54) is 56.8 Å².